The highest BCUT2D eigenvalue weighted by Crippen LogP contribution is 2.28. The summed E-state index contributed by atoms with van der Waals surface area (Å²) in [6.07, 6.45) is 0. The first-order valence-electron chi connectivity index (χ1n) is 5.68. The van der Waals surface area contributed by atoms with Gasteiger partial charge in [-0.15, -0.1) is 5.11 Å². The van der Waals surface area contributed by atoms with E-state index < -0.39 is 0 Å². The number of ketones is 1. The van der Waals surface area contributed by atoms with E-state index in [0.717, 1.165) is 0 Å². The molecule has 2 rings (SSSR count). The fraction of sp³-hybridized carbons (Fsp3) is 0.0833. The molecular formula is C12H13N7O. The normalized spacial score (nSPS) is 10.8. The Morgan fingerprint density at radius 2 is 1.55 bits per heavy atom. The minimum Gasteiger partial charge on any atom is -0.382 e. The van der Waals surface area contributed by atoms with Gasteiger partial charge in [0.1, 0.15) is 0 Å². The Labute approximate surface area is 114 Å². The van der Waals surface area contributed by atoms with Crippen LogP contribution in [0, 0.1) is 0 Å². The number of hydrogen-bond acceptors (Lipinski definition) is 8. The van der Waals surface area contributed by atoms with Crippen molar-refractivity contribution in [2.24, 2.45) is 10.2 Å². The molecule has 1 aromatic carbocycles. The fourth-order valence-electron chi connectivity index (χ4n) is 1.48. The summed E-state index contributed by atoms with van der Waals surface area (Å²) >= 11 is 0. The highest BCUT2D eigenvalue weighted by Gasteiger charge is 2.07. The second-order valence-corrected chi connectivity index (χ2v) is 4.00. The maximum absolute atomic E-state index is 11.1. The van der Waals surface area contributed by atoms with E-state index in [0.29, 0.717) is 11.3 Å². The lowest BCUT2D eigenvalue weighted by Gasteiger charge is -2.02. The molecule has 102 valence electrons. The summed E-state index contributed by atoms with van der Waals surface area (Å²) in [6, 6.07) is 6.63. The number of nitrogens with zero attached hydrogens (tertiary/aromatic N) is 4. The summed E-state index contributed by atoms with van der Waals surface area (Å²) < 4.78 is 0. The molecule has 0 aliphatic carbocycles. The van der Waals surface area contributed by atoms with Gasteiger partial charge in [0.25, 0.3) is 0 Å². The van der Waals surface area contributed by atoms with Gasteiger partial charge < -0.3 is 17.2 Å². The van der Waals surface area contributed by atoms with Crippen molar-refractivity contribution >= 4 is 34.7 Å². The van der Waals surface area contributed by atoms with E-state index >= 15 is 0 Å². The van der Waals surface area contributed by atoms with Gasteiger partial charge in [0.15, 0.2) is 23.1 Å². The average molecular weight is 271 g/mol. The van der Waals surface area contributed by atoms with Crippen LogP contribution in [0.2, 0.25) is 0 Å². The lowest BCUT2D eigenvalue weighted by atomic mass is 10.1. The number of hydrogen-bond donors (Lipinski definition) is 3. The van der Waals surface area contributed by atoms with Gasteiger partial charge in [-0.3, -0.25) is 4.79 Å². The van der Waals surface area contributed by atoms with Crippen LogP contribution >= 0.6 is 0 Å². The number of nitrogens with two attached hydrogens (primary N) is 3. The molecule has 8 heteroatoms. The van der Waals surface area contributed by atoms with Crippen LogP contribution in [0.4, 0.5) is 29.0 Å². The number of anilines is 3. The van der Waals surface area contributed by atoms with E-state index in [1.54, 1.807) is 24.3 Å². The largest absolute Gasteiger partial charge is 0.382 e. The predicted octanol–water partition coefficient (Wildman–Crippen LogP) is 1.84. The molecular weight excluding hydrogens is 258 g/mol. The highest BCUT2D eigenvalue weighted by molar-refractivity contribution is 5.94. The van der Waals surface area contributed by atoms with E-state index in [2.05, 4.69) is 20.2 Å². The standard InChI is InChI=1S/C12H13N7O/c1-6(20)7-2-4-8(5-3-7)18-19-9-10(13)16-12(15)17-11(9)14/h2-5H,1H3,(H6,13,14,15,16,17). The smallest absolute Gasteiger partial charge is 0.224 e. The van der Waals surface area contributed by atoms with Crippen molar-refractivity contribution in [3.63, 3.8) is 0 Å². The van der Waals surface area contributed by atoms with Gasteiger partial charge >= 0.3 is 0 Å². The first-order chi connectivity index (χ1) is 9.47. The van der Waals surface area contributed by atoms with Crippen LogP contribution in [-0.2, 0) is 0 Å². The summed E-state index contributed by atoms with van der Waals surface area (Å²) in [5, 5.41) is 7.86. The molecule has 0 saturated heterocycles. The third-order valence-corrected chi connectivity index (χ3v) is 2.49. The molecule has 2 aromatic rings. The van der Waals surface area contributed by atoms with Gasteiger partial charge in [-0.2, -0.15) is 15.1 Å². The summed E-state index contributed by atoms with van der Waals surface area (Å²) in [4.78, 5) is 18.6. The molecule has 0 aliphatic rings. The molecule has 0 aliphatic heterocycles. The molecule has 0 spiro atoms. The fourth-order valence-corrected chi connectivity index (χ4v) is 1.48. The second kappa shape index (κ2) is 5.31. The maximum Gasteiger partial charge on any atom is 0.224 e. The number of rotatable bonds is 3. The van der Waals surface area contributed by atoms with Gasteiger partial charge in [0.05, 0.1) is 5.69 Å². The first kappa shape index (κ1) is 13.4. The number of Topliss-reactive ketones (excluding diaryl/α,β-unsaturated/α-hetero) is 1. The molecule has 8 nitrogen and oxygen atoms in total. The van der Waals surface area contributed by atoms with Gasteiger partial charge in [0, 0.05) is 5.56 Å². The summed E-state index contributed by atoms with van der Waals surface area (Å²) in [6.45, 7) is 1.49. The zero-order valence-electron chi connectivity index (χ0n) is 10.7. The number of carbonyl (C=O) groups is 1. The zero-order valence-corrected chi connectivity index (χ0v) is 10.7. The van der Waals surface area contributed by atoms with E-state index in [9.17, 15) is 4.79 Å². The Balaban J connectivity index is 2.27. The molecule has 20 heavy (non-hydrogen) atoms. The Hall–Kier alpha value is -3.03. The minimum absolute atomic E-state index is 0.0195. The van der Waals surface area contributed by atoms with Crippen LogP contribution < -0.4 is 17.2 Å². The lowest BCUT2D eigenvalue weighted by Crippen LogP contribution is -2.03. The van der Waals surface area contributed by atoms with Gasteiger partial charge in [-0.1, -0.05) is 0 Å². The number of aromatic nitrogens is 2. The lowest BCUT2D eigenvalue weighted by molar-refractivity contribution is 0.101. The van der Waals surface area contributed by atoms with Crippen molar-refractivity contribution in [1.29, 1.82) is 0 Å². The van der Waals surface area contributed by atoms with Crippen molar-refractivity contribution in [3.8, 4) is 0 Å². The van der Waals surface area contributed by atoms with Crippen molar-refractivity contribution in [2.75, 3.05) is 17.2 Å². The molecule has 0 bridgehead atoms. The van der Waals surface area contributed by atoms with Crippen molar-refractivity contribution in [2.45, 2.75) is 6.92 Å². The van der Waals surface area contributed by atoms with Gasteiger partial charge in [0.2, 0.25) is 5.95 Å². The molecule has 1 aromatic heterocycles. The van der Waals surface area contributed by atoms with Crippen LogP contribution in [0.5, 0.6) is 0 Å². The highest BCUT2D eigenvalue weighted by atomic mass is 16.1. The molecule has 0 amide bonds. The van der Waals surface area contributed by atoms with E-state index in [-0.39, 0.29) is 29.1 Å². The van der Waals surface area contributed by atoms with E-state index in [4.69, 9.17) is 17.2 Å². The molecule has 1 heterocycles. The molecule has 0 fully saturated rings. The molecule has 0 radical (unpaired) electrons. The van der Waals surface area contributed by atoms with Gasteiger partial charge in [-0.05, 0) is 31.2 Å². The SMILES string of the molecule is CC(=O)c1ccc(N=Nc2c(N)nc(N)nc2N)cc1. The Morgan fingerprint density at radius 1 is 1.00 bits per heavy atom. The van der Waals surface area contributed by atoms with Crippen LogP contribution in [0.3, 0.4) is 0 Å². The molecule has 0 unspecified atom stereocenters. The molecule has 0 atom stereocenters. The Bertz CT molecular complexity index is 656. The number of nitrogen functional groups attached to an aromatic ring is 3. The average Bonchev–Trinajstić information content (AvgIpc) is 2.38. The van der Waals surface area contributed by atoms with Crippen LogP contribution in [-0.4, -0.2) is 15.8 Å². The first-order valence-corrected chi connectivity index (χ1v) is 5.68. The number of azo groups is 1. The van der Waals surface area contributed by atoms with Crippen molar-refractivity contribution < 1.29 is 4.79 Å². The molecule has 0 saturated carbocycles. The Kier molecular flexibility index (Phi) is 3.56. The maximum atomic E-state index is 11.1. The topological polar surface area (TPSA) is 146 Å². The van der Waals surface area contributed by atoms with Gasteiger partial charge in [-0.25, -0.2) is 0 Å². The minimum atomic E-state index is -0.0234. The van der Waals surface area contributed by atoms with E-state index in [1.165, 1.54) is 6.92 Å². The number of carbonyl (C=O) groups excluding carboxylic acids is 1. The third kappa shape index (κ3) is 2.86. The zero-order chi connectivity index (χ0) is 14.7. The van der Waals surface area contributed by atoms with Crippen LogP contribution in [0.1, 0.15) is 17.3 Å². The van der Waals surface area contributed by atoms with E-state index in [1.807, 2.05) is 0 Å². The summed E-state index contributed by atoms with van der Waals surface area (Å²) in [7, 11) is 0. The third-order valence-electron chi connectivity index (χ3n) is 2.49. The van der Waals surface area contributed by atoms with Crippen molar-refractivity contribution in [1.82, 2.24) is 9.97 Å². The van der Waals surface area contributed by atoms with Crippen LogP contribution in [0.25, 0.3) is 0 Å². The monoisotopic (exact) mass is 271 g/mol. The summed E-state index contributed by atoms with van der Waals surface area (Å²) in [5.41, 5.74) is 18.0. The predicted molar refractivity (Wildman–Crippen MR) is 75.9 cm³/mol. The number of benzene rings is 1. The summed E-state index contributed by atoms with van der Waals surface area (Å²) in [5.74, 6) is 0.0666. The Morgan fingerprint density at radius 3 is 2.05 bits per heavy atom. The second-order valence-electron chi connectivity index (χ2n) is 4.00. The van der Waals surface area contributed by atoms with Crippen LogP contribution in [0.15, 0.2) is 34.5 Å². The van der Waals surface area contributed by atoms with Crippen molar-refractivity contribution in [3.05, 3.63) is 29.8 Å². The molecule has 6 N–H and O–H groups in total. The quantitative estimate of drug-likeness (QED) is 0.573.